The minimum Gasteiger partial charge on any atom is -0.392 e. The summed E-state index contributed by atoms with van der Waals surface area (Å²) in [6, 6.07) is 9.52. The molecule has 2 aliphatic rings. The van der Waals surface area contributed by atoms with Crippen LogP contribution >= 0.6 is 0 Å². The minimum absolute atomic E-state index is 0. The van der Waals surface area contributed by atoms with Crippen LogP contribution in [-0.4, -0.2) is 5.11 Å². The summed E-state index contributed by atoms with van der Waals surface area (Å²) in [5.74, 6) is 9.35. The van der Waals surface area contributed by atoms with Crippen molar-refractivity contribution in [2.24, 2.45) is 59.2 Å². The number of hydrogen-bond donors (Lipinski definition) is 1. The van der Waals surface area contributed by atoms with E-state index in [1.54, 1.807) is 0 Å². The molecule has 168 valence electrons. The summed E-state index contributed by atoms with van der Waals surface area (Å²) in [6.45, 7) is 24.1. The number of aliphatic hydroxyl groups is 1. The van der Waals surface area contributed by atoms with Crippen molar-refractivity contribution in [1.29, 1.82) is 0 Å². The van der Waals surface area contributed by atoms with Gasteiger partial charge in [0.2, 0.25) is 0 Å². The summed E-state index contributed by atoms with van der Waals surface area (Å²) in [5.41, 5.74) is 0.965. The van der Waals surface area contributed by atoms with Gasteiger partial charge in [0, 0.05) is 40.4 Å². The Hall–Kier alpha value is 0.518. The van der Waals surface area contributed by atoms with E-state index in [2.05, 4.69) is 69.2 Å². The predicted molar refractivity (Wildman–Crippen MR) is 124 cm³/mol. The van der Waals surface area contributed by atoms with E-state index in [4.69, 9.17) is 5.11 Å². The average molecular weight is 539 g/mol. The van der Waals surface area contributed by atoms with Crippen LogP contribution in [0.2, 0.25) is 0 Å². The van der Waals surface area contributed by atoms with Crippen molar-refractivity contribution < 1.29 is 45.5 Å². The first-order valence-corrected chi connectivity index (χ1v) is 11.7. The molecular weight excluding hydrogens is 491 g/mol. The summed E-state index contributed by atoms with van der Waals surface area (Å²) < 4.78 is 0. The number of hydrogen-bond acceptors (Lipinski definition) is 1. The SMILES string of the molecule is CC1C(C)C(C)C(C)C1C.CC1C(C)C(C)C(C)C1C.OCc1ccccc1.[Sm]. The number of rotatable bonds is 1. The zero-order valence-corrected chi connectivity index (χ0v) is 23.3. The van der Waals surface area contributed by atoms with Crippen molar-refractivity contribution in [1.82, 2.24) is 0 Å². The van der Waals surface area contributed by atoms with Crippen molar-refractivity contribution in [3.05, 3.63) is 35.9 Å². The molecule has 1 N–H and O–H groups in total. The smallest absolute Gasteiger partial charge is 0.0681 e. The van der Waals surface area contributed by atoms with Gasteiger partial charge in [0.05, 0.1) is 6.61 Å². The van der Waals surface area contributed by atoms with Crippen LogP contribution in [0.4, 0.5) is 0 Å². The second-order valence-electron chi connectivity index (χ2n) is 10.2. The molecule has 1 aromatic carbocycles. The van der Waals surface area contributed by atoms with Gasteiger partial charge in [-0.1, -0.05) is 99.6 Å². The third kappa shape index (κ3) is 7.86. The Morgan fingerprint density at radius 3 is 0.828 bits per heavy atom. The monoisotopic (exact) mass is 540 g/mol. The molecule has 0 unspecified atom stereocenters. The molecule has 0 spiro atoms. The van der Waals surface area contributed by atoms with E-state index in [0.29, 0.717) is 0 Å². The van der Waals surface area contributed by atoms with Crippen molar-refractivity contribution >= 4 is 0 Å². The Morgan fingerprint density at radius 2 is 0.690 bits per heavy atom. The average Bonchev–Trinajstić information content (AvgIpc) is 2.99. The van der Waals surface area contributed by atoms with Crippen molar-refractivity contribution in [2.75, 3.05) is 0 Å². The molecule has 2 fully saturated rings. The van der Waals surface area contributed by atoms with E-state index >= 15 is 0 Å². The van der Waals surface area contributed by atoms with Crippen LogP contribution in [0.25, 0.3) is 0 Å². The molecule has 0 atom stereocenters. The topological polar surface area (TPSA) is 20.2 Å². The molecule has 3 rings (SSSR count). The summed E-state index contributed by atoms with van der Waals surface area (Å²) in [6.07, 6.45) is 0. The standard InChI is InChI=1S/2C10H20.C7H8O.Sm/c2*1-6-7(2)9(4)10(5)8(6)3;8-6-7-4-2-1-3-5-7;/h2*6-10H,1-5H3;1-5,8H,6H2;. The van der Waals surface area contributed by atoms with E-state index in [-0.39, 0.29) is 47.0 Å². The van der Waals surface area contributed by atoms with Crippen molar-refractivity contribution in [2.45, 2.75) is 75.8 Å². The molecule has 2 aliphatic carbocycles. The van der Waals surface area contributed by atoms with E-state index < -0.39 is 0 Å². The number of benzene rings is 1. The number of aliphatic hydroxyl groups excluding tert-OH is 1. The fraction of sp³-hybridized carbons (Fsp3) is 0.778. The Morgan fingerprint density at radius 1 is 0.483 bits per heavy atom. The Kier molecular flexibility index (Phi) is 14.1. The van der Waals surface area contributed by atoms with E-state index in [9.17, 15) is 0 Å². The van der Waals surface area contributed by atoms with Crippen LogP contribution in [0.3, 0.4) is 0 Å². The van der Waals surface area contributed by atoms with E-state index in [0.717, 1.165) is 64.7 Å². The first kappa shape index (κ1) is 29.5. The van der Waals surface area contributed by atoms with Crippen LogP contribution in [-0.2, 0) is 6.61 Å². The Labute approximate surface area is 214 Å². The second-order valence-corrected chi connectivity index (χ2v) is 10.2. The van der Waals surface area contributed by atoms with Gasteiger partial charge in [-0.2, -0.15) is 0 Å². The van der Waals surface area contributed by atoms with Gasteiger partial charge >= 0.3 is 0 Å². The molecule has 0 heterocycles. The molecule has 0 amide bonds. The Balaban J connectivity index is 0.000000401. The normalized spacial score (nSPS) is 40.8. The van der Waals surface area contributed by atoms with E-state index in [1.807, 2.05) is 30.3 Å². The van der Waals surface area contributed by atoms with Crippen LogP contribution in [0.15, 0.2) is 30.3 Å². The van der Waals surface area contributed by atoms with E-state index in [1.165, 1.54) is 0 Å². The van der Waals surface area contributed by atoms with Gasteiger partial charge in [-0.25, -0.2) is 0 Å². The third-order valence-corrected chi connectivity index (χ3v) is 9.32. The van der Waals surface area contributed by atoms with Crippen LogP contribution in [0, 0.1) is 99.6 Å². The maximum absolute atomic E-state index is 8.54. The zero-order valence-electron chi connectivity index (χ0n) is 20.7. The fourth-order valence-corrected chi connectivity index (χ4v) is 5.37. The molecule has 0 aliphatic heterocycles. The quantitative estimate of drug-likeness (QED) is 0.391. The van der Waals surface area contributed by atoms with Gasteiger partial charge in [0.15, 0.2) is 0 Å². The third-order valence-electron chi connectivity index (χ3n) is 9.32. The van der Waals surface area contributed by atoms with Gasteiger partial charge in [0.1, 0.15) is 0 Å². The molecule has 1 aromatic rings. The van der Waals surface area contributed by atoms with Crippen LogP contribution in [0.5, 0.6) is 0 Å². The molecule has 0 bridgehead atoms. The molecule has 2 heteroatoms. The maximum Gasteiger partial charge on any atom is 0.0681 e. The summed E-state index contributed by atoms with van der Waals surface area (Å²) >= 11 is 0. The van der Waals surface area contributed by atoms with Gasteiger partial charge < -0.3 is 5.11 Å². The van der Waals surface area contributed by atoms with Gasteiger partial charge in [-0.05, 0) is 64.7 Å². The fourth-order valence-electron chi connectivity index (χ4n) is 5.37. The molecule has 0 radical (unpaired) electrons. The summed E-state index contributed by atoms with van der Waals surface area (Å²) in [4.78, 5) is 0. The predicted octanol–water partition coefficient (Wildman–Crippen LogP) is 7.54. The molecule has 0 aromatic heterocycles. The molecule has 1 nitrogen and oxygen atoms in total. The van der Waals surface area contributed by atoms with Crippen molar-refractivity contribution in [3.63, 3.8) is 0 Å². The summed E-state index contributed by atoms with van der Waals surface area (Å²) in [7, 11) is 0. The first-order valence-electron chi connectivity index (χ1n) is 11.7. The molecular formula is C27H48OSm. The minimum atomic E-state index is 0. The second kappa shape index (κ2) is 13.8. The van der Waals surface area contributed by atoms with Gasteiger partial charge in [-0.3, -0.25) is 0 Å². The van der Waals surface area contributed by atoms with Crippen molar-refractivity contribution in [3.8, 4) is 0 Å². The zero-order chi connectivity index (χ0) is 21.6. The van der Waals surface area contributed by atoms with Gasteiger partial charge in [0.25, 0.3) is 0 Å². The maximum atomic E-state index is 8.54. The molecule has 2 saturated carbocycles. The molecule has 0 saturated heterocycles. The summed E-state index contributed by atoms with van der Waals surface area (Å²) in [5, 5.41) is 8.54. The Bertz CT molecular complexity index is 425. The van der Waals surface area contributed by atoms with Crippen LogP contribution in [0.1, 0.15) is 74.8 Å². The first-order chi connectivity index (χ1) is 13.0. The largest absolute Gasteiger partial charge is 0.392 e. The van der Waals surface area contributed by atoms with Crippen LogP contribution < -0.4 is 0 Å². The van der Waals surface area contributed by atoms with Gasteiger partial charge in [-0.15, -0.1) is 0 Å². The molecule has 29 heavy (non-hydrogen) atoms.